The van der Waals surface area contributed by atoms with E-state index in [9.17, 15) is 9.59 Å². The molecular weight excluding hydrogens is 350 g/mol. The summed E-state index contributed by atoms with van der Waals surface area (Å²) in [5, 5.41) is 6.57. The molecule has 6 heteroatoms. The zero-order valence-electron chi connectivity index (χ0n) is 14.0. The lowest BCUT2D eigenvalue weighted by atomic mass is 10.1. The molecule has 1 aromatic heterocycles. The molecule has 0 saturated carbocycles. The molecule has 5 nitrogen and oxygen atoms in total. The monoisotopic (exact) mass is 365 g/mol. The van der Waals surface area contributed by atoms with Crippen LogP contribution in [0.1, 0.15) is 27.6 Å². The second-order valence-electron chi connectivity index (χ2n) is 5.65. The highest BCUT2D eigenvalue weighted by molar-refractivity contribution is 6.30. The second-order valence-corrected chi connectivity index (χ2v) is 6.09. The number of hydrogen-bond acceptors (Lipinski definition) is 4. The Balaban J connectivity index is 1.71. The van der Waals surface area contributed by atoms with Gasteiger partial charge in [-0.1, -0.05) is 11.6 Å². The first-order chi connectivity index (χ1) is 12.5. The van der Waals surface area contributed by atoms with Gasteiger partial charge in [0.05, 0.1) is 0 Å². The normalized spacial score (nSPS) is 10.2. The van der Waals surface area contributed by atoms with Gasteiger partial charge in [-0.15, -0.1) is 0 Å². The zero-order valence-corrected chi connectivity index (χ0v) is 14.7. The van der Waals surface area contributed by atoms with Crippen LogP contribution in [-0.2, 0) is 0 Å². The van der Waals surface area contributed by atoms with Crippen LogP contribution < -0.4 is 10.6 Å². The summed E-state index contributed by atoms with van der Waals surface area (Å²) >= 11 is 5.87. The van der Waals surface area contributed by atoms with E-state index in [0.717, 1.165) is 5.69 Å². The standard InChI is InChI=1S/C20H16ClN3O2/c1-13(25)14-2-6-18(7-3-14)24-20(26)15-10-11-22-19(12-15)23-17-8-4-16(21)5-9-17/h2-12H,1H3,(H,22,23)(H,24,26). The van der Waals surface area contributed by atoms with E-state index in [2.05, 4.69) is 15.6 Å². The van der Waals surface area contributed by atoms with E-state index in [0.29, 0.717) is 27.7 Å². The van der Waals surface area contributed by atoms with Crippen molar-refractivity contribution in [2.75, 3.05) is 10.6 Å². The molecule has 0 spiro atoms. The molecule has 0 radical (unpaired) electrons. The number of benzene rings is 2. The Morgan fingerprint density at radius 2 is 1.54 bits per heavy atom. The SMILES string of the molecule is CC(=O)c1ccc(NC(=O)c2ccnc(Nc3ccc(Cl)cc3)c2)cc1. The van der Waals surface area contributed by atoms with E-state index in [1.807, 2.05) is 12.1 Å². The highest BCUT2D eigenvalue weighted by atomic mass is 35.5. The molecule has 0 aliphatic heterocycles. The molecule has 0 saturated heterocycles. The maximum atomic E-state index is 12.4. The van der Waals surface area contributed by atoms with Crippen LogP contribution in [0.4, 0.5) is 17.2 Å². The number of carbonyl (C=O) groups excluding carboxylic acids is 2. The Hall–Kier alpha value is -3.18. The molecule has 0 bridgehead atoms. The van der Waals surface area contributed by atoms with Crippen molar-refractivity contribution in [3.05, 3.63) is 83.0 Å². The number of rotatable bonds is 5. The average molecular weight is 366 g/mol. The molecule has 0 unspecified atom stereocenters. The summed E-state index contributed by atoms with van der Waals surface area (Å²) < 4.78 is 0. The number of aromatic nitrogens is 1. The Kier molecular flexibility index (Phi) is 5.29. The molecule has 3 rings (SSSR count). The highest BCUT2D eigenvalue weighted by Crippen LogP contribution is 2.19. The van der Waals surface area contributed by atoms with E-state index in [1.54, 1.807) is 54.7 Å². The number of Topliss-reactive ketones (excluding diaryl/α,β-unsaturated/α-hetero) is 1. The fourth-order valence-corrected chi connectivity index (χ4v) is 2.44. The fraction of sp³-hybridized carbons (Fsp3) is 0.0500. The Morgan fingerprint density at radius 1 is 0.885 bits per heavy atom. The van der Waals surface area contributed by atoms with Gasteiger partial charge in [-0.2, -0.15) is 0 Å². The number of nitrogens with zero attached hydrogens (tertiary/aromatic N) is 1. The number of ketones is 1. The largest absolute Gasteiger partial charge is 0.340 e. The van der Waals surface area contributed by atoms with Crippen LogP contribution in [0.15, 0.2) is 66.9 Å². The van der Waals surface area contributed by atoms with Crippen molar-refractivity contribution in [3.8, 4) is 0 Å². The smallest absolute Gasteiger partial charge is 0.255 e. The Morgan fingerprint density at radius 3 is 2.19 bits per heavy atom. The number of carbonyl (C=O) groups is 2. The molecule has 1 heterocycles. The summed E-state index contributed by atoms with van der Waals surface area (Å²) in [4.78, 5) is 27.9. The molecule has 130 valence electrons. The Bertz CT molecular complexity index is 938. The summed E-state index contributed by atoms with van der Waals surface area (Å²) in [7, 11) is 0. The topological polar surface area (TPSA) is 71.1 Å². The van der Waals surface area contributed by atoms with Gasteiger partial charge in [-0.05, 0) is 67.6 Å². The van der Waals surface area contributed by atoms with Gasteiger partial charge < -0.3 is 10.6 Å². The molecule has 0 fully saturated rings. The number of amides is 1. The van der Waals surface area contributed by atoms with Crippen molar-refractivity contribution in [2.45, 2.75) is 6.92 Å². The first-order valence-electron chi connectivity index (χ1n) is 7.92. The zero-order chi connectivity index (χ0) is 18.5. The van der Waals surface area contributed by atoms with Crippen molar-refractivity contribution in [2.24, 2.45) is 0 Å². The van der Waals surface area contributed by atoms with Crippen LogP contribution in [0.2, 0.25) is 5.02 Å². The quantitative estimate of drug-likeness (QED) is 0.628. The summed E-state index contributed by atoms with van der Waals surface area (Å²) in [6, 6.07) is 17.2. The molecule has 2 aromatic carbocycles. The van der Waals surface area contributed by atoms with E-state index in [-0.39, 0.29) is 11.7 Å². The molecule has 26 heavy (non-hydrogen) atoms. The third kappa shape index (κ3) is 4.46. The minimum atomic E-state index is -0.262. The van der Waals surface area contributed by atoms with Crippen LogP contribution in [0.25, 0.3) is 0 Å². The molecule has 0 aliphatic carbocycles. The van der Waals surface area contributed by atoms with Gasteiger partial charge in [0.15, 0.2) is 5.78 Å². The predicted molar refractivity (Wildman–Crippen MR) is 103 cm³/mol. The van der Waals surface area contributed by atoms with Crippen molar-refractivity contribution in [1.82, 2.24) is 4.98 Å². The third-order valence-corrected chi connectivity index (χ3v) is 3.94. The molecule has 2 N–H and O–H groups in total. The first-order valence-corrected chi connectivity index (χ1v) is 8.30. The van der Waals surface area contributed by atoms with Gasteiger partial charge in [0, 0.05) is 33.7 Å². The van der Waals surface area contributed by atoms with Crippen molar-refractivity contribution >= 4 is 40.5 Å². The lowest BCUT2D eigenvalue weighted by Crippen LogP contribution is -2.12. The van der Waals surface area contributed by atoms with Gasteiger partial charge in [0.1, 0.15) is 5.82 Å². The number of hydrogen-bond donors (Lipinski definition) is 2. The number of anilines is 3. The average Bonchev–Trinajstić information content (AvgIpc) is 2.64. The van der Waals surface area contributed by atoms with Gasteiger partial charge in [0.2, 0.25) is 0 Å². The van der Waals surface area contributed by atoms with Gasteiger partial charge in [-0.3, -0.25) is 9.59 Å². The summed E-state index contributed by atoms with van der Waals surface area (Å²) in [6.45, 7) is 1.50. The van der Waals surface area contributed by atoms with Crippen molar-refractivity contribution in [3.63, 3.8) is 0 Å². The maximum Gasteiger partial charge on any atom is 0.255 e. The predicted octanol–water partition coefficient (Wildman–Crippen LogP) is 4.93. The summed E-state index contributed by atoms with van der Waals surface area (Å²) in [5.74, 6) is 0.268. The summed E-state index contributed by atoms with van der Waals surface area (Å²) in [6.07, 6.45) is 1.56. The molecule has 3 aromatic rings. The highest BCUT2D eigenvalue weighted by Gasteiger charge is 2.08. The lowest BCUT2D eigenvalue weighted by Gasteiger charge is -2.09. The van der Waals surface area contributed by atoms with Crippen LogP contribution >= 0.6 is 11.6 Å². The van der Waals surface area contributed by atoms with Crippen LogP contribution in [0.3, 0.4) is 0 Å². The number of halogens is 1. The number of nitrogens with one attached hydrogen (secondary N) is 2. The second kappa shape index (κ2) is 7.80. The van der Waals surface area contributed by atoms with Crippen LogP contribution in [-0.4, -0.2) is 16.7 Å². The summed E-state index contributed by atoms with van der Waals surface area (Å²) in [5.41, 5.74) is 2.50. The van der Waals surface area contributed by atoms with E-state index >= 15 is 0 Å². The van der Waals surface area contributed by atoms with Crippen LogP contribution in [0.5, 0.6) is 0 Å². The fourth-order valence-electron chi connectivity index (χ4n) is 2.31. The third-order valence-electron chi connectivity index (χ3n) is 3.69. The lowest BCUT2D eigenvalue weighted by molar-refractivity contribution is 0.101. The molecule has 1 amide bonds. The van der Waals surface area contributed by atoms with E-state index in [1.165, 1.54) is 6.92 Å². The van der Waals surface area contributed by atoms with Gasteiger partial charge in [-0.25, -0.2) is 4.98 Å². The number of pyridine rings is 1. The van der Waals surface area contributed by atoms with E-state index in [4.69, 9.17) is 11.6 Å². The van der Waals surface area contributed by atoms with Crippen LogP contribution in [0, 0.1) is 0 Å². The molecule has 0 atom stereocenters. The van der Waals surface area contributed by atoms with Crippen molar-refractivity contribution < 1.29 is 9.59 Å². The van der Waals surface area contributed by atoms with E-state index < -0.39 is 0 Å². The first kappa shape index (κ1) is 17.6. The van der Waals surface area contributed by atoms with Gasteiger partial charge >= 0.3 is 0 Å². The Labute approximate surface area is 156 Å². The minimum Gasteiger partial charge on any atom is -0.340 e. The maximum absolute atomic E-state index is 12.4. The molecule has 0 aliphatic rings. The minimum absolute atomic E-state index is 0.0186. The molecular formula is C20H16ClN3O2. The van der Waals surface area contributed by atoms with Gasteiger partial charge in [0.25, 0.3) is 5.91 Å². The van der Waals surface area contributed by atoms with Crippen molar-refractivity contribution in [1.29, 1.82) is 0 Å².